The molecule has 1 aliphatic rings. The van der Waals surface area contributed by atoms with Gasteiger partial charge in [-0.15, -0.1) is 0 Å². The van der Waals surface area contributed by atoms with E-state index >= 15 is 0 Å². The molecule has 24 heavy (non-hydrogen) atoms. The van der Waals surface area contributed by atoms with Crippen LogP contribution < -0.4 is 0 Å². The predicted molar refractivity (Wildman–Crippen MR) is 102 cm³/mol. The molecule has 1 heteroatoms. The Morgan fingerprint density at radius 1 is 0.875 bits per heavy atom. The average molecular weight is 320 g/mol. The molecule has 0 saturated heterocycles. The number of fused-ring (bicyclic) bond motifs is 3. The van der Waals surface area contributed by atoms with E-state index in [0.29, 0.717) is 0 Å². The zero-order valence-electron chi connectivity index (χ0n) is 15.2. The maximum Gasteiger partial charge on any atom is 0.159 e. The smallest absolute Gasteiger partial charge is 0.159 e. The van der Waals surface area contributed by atoms with Gasteiger partial charge in [0.2, 0.25) is 0 Å². The van der Waals surface area contributed by atoms with Gasteiger partial charge in [-0.05, 0) is 48.1 Å². The van der Waals surface area contributed by atoms with Crippen LogP contribution in [0.3, 0.4) is 0 Å². The van der Waals surface area contributed by atoms with Crippen molar-refractivity contribution in [2.45, 2.75) is 64.7 Å². The van der Waals surface area contributed by atoms with Crippen molar-refractivity contribution < 1.29 is 4.79 Å². The first-order chi connectivity index (χ1) is 11.6. The van der Waals surface area contributed by atoms with Crippen LogP contribution in [0.4, 0.5) is 0 Å². The minimum Gasteiger partial charge on any atom is -0.295 e. The first kappa shape index (κ1) is 17.0. The third-order valence-electron chi connectivity index (χ3n) is 5.59. The molecule has 0 atom stereocenters. The van der Waals surface area contributed by atoms with E-state index in [0.717, 1.165) is 5.56 Å². The SMILES string of the molecule is CCCCC1(CCCC)c2ccccc2-c2ccc(C(C)=O)cc21. The molecule has 0 heterocycles. The van der Waals surface area contributed by atoms with Crippen molar-refractivity contribution >= 4 is 5.78 Å². The van der Waals surface area contributed by atoms with Gasteiger partial charge >= 0.3 is 0 Å². The quantitative estimate of drug-likeness (QED) is 0.530. The summed E-state index contributed by atoms with van der Waals surface area (Å²) in [7, 11) is 0. The lowest BCUT2D eigenvalue weighted by Crippen LogP contribution is -2.25. The number of Topliss-reactive ketones (excluding diaryl/α,β-unsaturated/α-hetero) is 1. The molecule has 0 N–H and O–H groups in total. The molecule has 2 aromatic rings. The van der Waals surface area contributed by atoms with Gasteiger partial charge in [-0.25, -0.2) is 0 Å². The fraction of sp³-hybridized carbons (Fsp3) is 0.435. The van der Waals surface area contributed by atoms with Crippen molar-refractivity contribution in [3.8, 4) is 11.1 Å². The zero-order chi connectivity index (χ0) is 17.2. The highest BCUT2D eigenvalue weighted by Crippen LogP contribution is 2.54. The van der Waals surface area contributed by atoms with Crippen LogP contribution in [0.2, 0.25) is 0 Å². The summed E-state index contributed by atoms with van der Waals surface area (Å²) in [5.41, 5.74) is 6.50. The minimum atomic E-state index is 0.0867. The molecule has 0 saturated carbocycles. The van der Waals surface area contributed by atoms with Crippen LogP contribution in [0, 0.1) is 0 Å². The Hall–Kier alpha value is -1.89. The first-order valence-corrected chi connectivity index (χ1v) is 9.39. The highest BCUT2D eigenvalue weighted by molar-refractivity contribution is 5.96. The number of hydrogen-bond acceptors (Lipinski definition) is 1. The second-order valence-electron chi connectivity index (χ2n) is 7.15. The van der Waals surface area contributed by atoms with Gasteiger partial charge in [0.15, 0.2) is 5.78 Å². The Kier molecular flexibility index (Phi) is 4.89. The van der Waals surface area contributed by atoms with E-state index in [4.69, 9.17) is 0 Å². The van der Waals surface area contributed by atoms with Crippen molar-refractivity contribution in [1.29, 1.82) is 0 Å². The maximum atomic E-state index is 12.0. The maximum absolute atomic E-state index is 12.0. The largest absolute Gasteiger partial charge is 0.295 e. The normalized spacial score (nSPS) is 14.3. The van der Waals surface area contributed by atoms with Gasteiger partial charge in [0, 0.05) is 11.0 Å². The van der Waals surface area contributed by atoms with Crippen molar-refractivity contribution in [3.63, 3.8) is 0 Å². The Bertz CT molecular complexity index is 733. The van der Waals surface area contributed by atoms with Crippen LogP contribution in [-0.2, 0) is 5.41 Å². The van der Waals surface area contributed by atoms with Crippen LogP contribution in [-0.4, -0.2) is 5.78 Å². The average Bonchev–Trinajstić information content (AvgIpc) is 2.88. The van der Waals surface area contributed by atoms with Crippen LogP contribution >= 0.6 is 0 Å². The van der Waals surface area contributed by atoms with E-state index in [1.807, 2.05) is 6.07 Å². The molecule has 0 spiro atoms. The van der Waals surface area contributed by atoms with Crippen LogP contribution in [0.5, 0.6) is 0 Å². The topological polar surface area (TPSA) is 17.1 Å². The van der Waals surface area contributed by atoms with Crippen LogP contribution in [0.15, 0.2) is 42.5 Å². The van der Waals surface area contributed by atoms with Crippen LogP contribution in [0.1, 0.15) is 80.8 Å². The number of ketones is 1. The molecule has 126 valence electrons. The van der Waals surface area contributed by atoms with Gasteiger partial charge in [0.05, 0.1) is 0 Å². The van der Waals surface area contributed by atoms with Gasteiger partial charge in [0.1, 0.15) is 0 Å². The molecule has 0 amide bonds. The Labute approximate surface area is 146 Å². The fourth-order valence-corrected chi connectivity index (χ4v) is 4.30. The molecule has 0 fully saturated rings. The van der Waals surface area contributed by atoms with Gasteiger partial charge < -0.3 is 0 Å². The third-order valence-corrected chi connectivity index (χ3v) is 5.59. The number of carbonyl (C=O) groups is 1. The van der Waals surface area contributed by atoms with Crippen molar-refractivity contribution in [2.75, 3.05) is 0 Å². The van der Waals surface area contributed by atoms with E-state index in [1.165, 1.54) is 60.8 Å². The molecule has 0 aliphatic heterocycles. The first-order valence-electron chi connectivity index (χ1n) is 9.39. The van der Waals surface area contributed by atoms with Crippen molar-refractivity contribution in [2.24, 2.45) is 0 Å². The molecule has 1 nitrogen and oxygen atoms in total. The van der Waals surface area contributed by atoms with Crippen molar-refractivity contribution in [1.82, 2.24) is 0 Å². The highest BCUT2D eigenvalue weighted by atomic mass is 16.1. The third kappa shape index (κ3) is 2.70. The number of benzene rings is 2. The van der Waals surface area contributed by atoms with Gasteiger partial charge in [0.25, 0.3) is 0 Å². The molecule has 0 radical (unpaired) electrons. The zero-order valence-corrected chi connectivity index (χ0v) is 15.2. The standard InChI is InChI=1S/C23H28O/c1-4-6-14-23(15-7-5-2)21-11-9-8-10-19(21)20-13-12-18(17(3)24)16-22(20)23/h8-13,16H,4-7,14-15H2,1-3H3. The fourth-order valence-electron chi connectivity index (χ4n) is 4.30. The summed E-state index contributed by atoms with van der Waals surface area (Å²) >= 11 is 0. The van der Waals surface area contributed by atoms with E-state index in [1.54, 1.807) is 6.92 Å². The van der Waals surface area contributed by atoms with E-state index < -0.39 is 0 Å². The van der Waals surface area contributed by atoms with Gasteiger partial charge in [-0.3, -0.25) is 4.79 Å². The summed E-state index contributed by atoms with van der Waals surface area (Å²) in [6, 6.07) is 15.2. The van der Waals surface area contributed by atoms with E-state index in [9.17, 15) is 4.79 Å². The molecule has 0 unspecified atom stereocenters. The van der Waals surface area contributed by atoms with Crippen molar-refractivity contribution in [3.05, 3.63) is 59.2 Å². The lowest BCUT2D eigenvalue weighted by Gasteiger charge is -2.32. The summed E-state index contributed by atoms with van der Waals surface area (Å²) in [5, 5.41) is 0. The number of unbranched alkanes of at least 4 members (excludes halogenated alkanes) is 2. The lowest BCUT2D eigenvalue weighted by molar-refractivity contribution is 0.101. The number of rotatable bonds is 7. The molecule has 2 aromatic carbocycles. The predicted octanol–water partition coefficient (Wildman–Crippen LogP) is 6.54. The Morgan fingerprint density at radius 3 is 2.12 bits per heavy atom. The molecule has 0 bridgehead atoms. The van der Waals surface area contributed by atoms with E-state index in [-0.39, 0.29) is 11.2 Å². The highest BCUT2D eigenvalue weighted by Gasteiger charge is 2.42. The minimum absolute atomic E-state index is 0.0867. The Balaban J connectivity index is 2.22. The lowest BCUT2D eigenvalue weighted by atomic mass is 9.70. The van der Waals surface area contributed by atoms with E-state index in [2.05, 4.69) is 50.2 Å². The monoisotopic (exact) mass is 320 g/mol. The molecule has 1 aliphatic carbocycles. The molecule has 3 rings (SSSR count). The second kappa shape index (κ2) is 6.93. The summed E-state index contributed by atoms with van der Waals surface area (Å²) < 4.78 is 0. The molecule has 0 aromatic heterocycles. The second-order valence-corrected chi connectivity index (χ2v) is 7.15. The molecular weight excluding hydrogens is 292 g/mol. The number of hydrogen-bond donors (Lipinski definition) is 0. The van der Waals surface area contributed by atoms with Gasteiger partial charge in [-0.2, -0.15) is 0 Å². The summed E-state index contributed by atoms with van der Waals surface area (Å²) in [5.74, 6) is 0.161. The summed E-state index contributed by atoms with van der Waals surface area (Å²) in [6.45, 7) is 6.20. The molecular formula is C23H28O. The number of carbonyl (C=O) groups excluding carboxylic acids is 1. The Morgan fingerprint density at radius 2 is 1.50 bits per heavy atom. The van der Waals surface area contributed by atoms with Gasteiger partial charge in [-0.1, -0.05) is 75.9 Å². The summed E-state index contributed by atoms with van der Waals surface area (Å²) in [6.07, 6.45) is 7.21. The van der Waals surface area contributed by atoms with Crippen LogP contribution in [0.25, 0.3) is 11.1 Å². The summed E-state index contributed by atoms with van der Waals surface area (Å²) in [4.78, 5) is 12.0.